The Balaban J connectivity index is 2.57. The van der Waals surface area contributed by atoms with E-state index in [0.717, 1.165) is 0 Å². The van der Waals surface area contributed by atoms with Gasteiger partial charge in [0.15, 0.2) is 0 Å². The molecule has 0 aliphatic heterocycles. The highest BCUT2D eigenvalue weighted by molar-refractivity contribution is 5.85. The normalized spacial score (nSPS) is 11.2. The van der Waals surface area contributed by atoms with E-state index in [1.54, 1.807) is 55.5 Å². The van der Waals surface area contributed by atoms with E-state index in [4.69, 9.17) is 11.5 Å². The lowest BCUT2D eigenvalue weighted by Crippen LogP contribution is -2.33. The summed E-state index contributed by atoms with van der Waals surface area (Å²) in [5, 5.41) is 9.62. The van der Waals surface area contributed by atoms with Gasteiger partial charge in [0.05, 0.1) is 0 Å². The Bertz CT molecular complexity index is 543. The van der Waals surface area contributed by atoms with Gasteiger partial charge in [0.25, 0.3) is 0 Å². The van der Waals surface area contributed by atoms with Gasteiger partial charge >= 0.3 is 5.97 Å². The Morgan fingerprint density at radius 1 is 0.895 bits per heavy atom. The van der Waals surface area contributed by atoms with Crippen molar-refractivity contribution in [3.8, 4) is 0 Å². The van der Waals surface area contributed by atoms with Crippen LogP contribution in [0, 0.1) is 0 Å². The molecule has 0 aliphatic rings. The average Bonchev–Trinajstić information content (AvgIpc) is 2.39. The van der Waals surface area contributed by atoms with Crippen LogP contribution in [-0.4, -0.2) is 11.1 Å². The minimum absolute atomic E-state index is 0.605. The van der Waals surface area contributed by atoms with Crippen molar-refractivity contribution in [2.75, 3.05) is 11.5 Å². The third-order valence-corrected chi connectivity index (χ3v) is 3.40. The summed E-state index contributed by atoms with van der Waals surface area (Å²) in [6.07, 6.45) is 0. The highest BCUT2D eigenvalue weighted by Crippen LogP contribution is 2.33. The number of anilines is 2. The summed E-state index contributed by atoms with van der Waals surface area (Å²) in [6, 6.07) is 13.8. The molecule has 0 aliphatic carbocycles. The quantitative estimate of drug-likeness (QED) is 0.735. The lowest BCUT2D eigenvalue weighted by Gasteiger charge is -2.26. The first kappa shape index (κ1) is 13.0. The number of rotatable bonds is 3. The van der Waals surface area contributed by atoms with Crippen molar-refractivity contribution in [3.05, 3.63) is 59.7 Å². The standard InChI is InChI=1S/C15H16N2O2/c1-15(14(18)19,10-2-6-12(16)7-3-10)11-4-8-13(17)9-5-11/h2-9H,16-17H2,1H3,(H,18,19). The number of nitrogens with two attached hydrogens (primary N) is 2. The Hall–Kier alpha value is -2.49. The van der Waals surface area contributed by atoms with Gasteiger partial charge in [0.1, 0.15) is 5.41 Å². The molecule has 0 bridgehead atoms. The highest BCUT2D eigenvalue weighted by atomic mass is 16.4. The van der Waals surface area contributed by atoms with Crippen molar-refractivity contribution < 1.29 is 9.90 Å². The van der Waals surface area contributed by atoms with Crippen molar-refractivity contribution in [3.63, 3.8) is 0 Å². The number of aliphatic carboxylic acids is 1. The topological polar surface area (TPSA) is 89.3 Å². The van der Waals surface area contributed by atoms with Crippen molar-refractivity contribution in [1.29, 1.82) is 0 Å². The van der Waals surface area contributed by atoms with Crippen LogP contribution in [-0.2, 0) is 10.2 Å². The highest BCUT2D eigenvalue weighted by Gasteiger charge is 2.37. The number of carboxylic acid groups (broad SMARTS) is 1. The van der Waals surface area contributed by atoms with Crippen molar-refractivity contribution in [2.24, 2.45) is 0 Å². The van der Waals surface area contributed by atoms with Crippen LogP contribution in [0.3, 0.4) is 0 Å². The summed E-state index contributed by atoms with van der Waals surface area (Å²) in [6.45, 7) is 1.67. The van der Waals surface area contributed by atoms with E-state index in [9.17, 15) is 9.90 Å². The van der Waals surface area contributed by atoms with Gasteiger partial charge in [-0.15, -0.1) is 0 Å². The fourth-order valence-corrected chi connectivity index (χ4v) is 2.05. The maximum Gasteiger partial charge on any atom is 0.318 e. The lowest BCUT2D eigenvalue weighted by atomic mass is 9.76. The largest absolute Gasteiger partial charge is 0.480 e. The van der Waals surface area contributed by atoms with Crippen LogP contribution < -0.4 is 11.5 Å². The molecule has 0 heterocycles. The van der Waals surface area contributed by atoms with Crippen LogP contribution in [0.15, 0.2) is 48.5 Å². The van der Waals surface area contributed by atoms with Gasteiger partial charge in [-0.1, -0.05) is 24.3 Å². The minimum Gasteiger partial charge on any atom is -0.480 e. The van der Waals surface area contributed by atoms with Gasteiger partial charge in [-0.2, -0.15) is 0 Å². The second-order valence-corrected chi connectivity index (χ2v) is 4.67. The monoisotopic (exact) mass is 256 g/mol. The summed E-state index contributed by atoms with van der Waals surface area (Å²) in [4.78, 5) is 11.7. The molecule has 2 rings (SSSR count). The molecule has 19 heavy (non-hydrogen) atoms. The van der Waals surface area contributed by atoms with Crippen molar-refractivity contribution in [2.45, 2.75) is 12.3 Å². The minimum atomic E-state index is -1.12. The first-order chi connectivity index (χ1) is 8.94. The Labute approximate surface area is 111 Å². The molecule has 98 valence electrons. The molecule has 5 N–H and O–H groups in total. The molecule has 0 spiro atoms. The van der Waals surface area contributed by atoms with Crippen molar-refractivity contribution >= 4 is 17.3 Å². The molecule has 2 aromatic carbocycles. The van der Waals surface area contributed by atoms with E-state index in [2.05, 4.69) is 0 Å². The Morgan fingerprint density at radius 2 is 1.21 bits per heavy atom. The van der Waals surface area contributed by atoms with Gasteiger partial charge in [-0.3, -0.25) is 4.79 Å². The van der Waals surface area contributed by atoms with Gasteiger partial charge < -0.3 is 16.6 Å². The maximum atomic E-state index is 11.7. The summed E-state index contributed by atoms with van der Waals surface area (Å²) in [5.41, 5.74) is 12.7. The second-order valence-electron chi connectivity index (χ2n) is 4.67. The molecule has 0 amide bonds. The van der Waals surface area contributed by atoms with Crippen LogP contribution >= 0.6 is 0 Å². The Kier molecular flexibility index (Phi) is 3.17. The van der Waals surface area contributed by atoms with Crippen LogP contribution in [0.5, 0.6) is 0 Å². The Morgan fingerprint density at radius 3 is 1.47 bits per heavy atom. The molecule has 4 nitrogen and oxygen atoms in total. The second kappa shape index (κ2) is 4.65. The molecular formula is C15H16N2O2. The SMILES string of the molecule is CC(C(=O)O)(c1ccc(N)cc1)c1ccc(N)cc1. The molecule has 0 fully saturated rings. The number of hydrogen-bond acceptors (Lipinski definition) is 3. The predicted octanol–water partition coefficient (Wildman–Crippen LogP) is 2.24. The van der Waals surface area contributed by atoms with E-state index in [-0.39, 0.29) is 0 Å². The van der Waals surface area contributed by atoms with Crippen molar-refractivity contribution in [1.82, 2.24) is 0 Å². The third kappa shape index (κ3) is 2.25. The summed E-state index contributed by atoms with van der Waals surface area (Å²) in [7, 11) is 0. The van der Waals surface area contributed by atoms with Crippen LogP contribution in [0.1, 0.15) is 18.1 Å². The fraction of sp³-hybridized carbons (Fsp3) is 0.133. The van der Waals surface area contributed by atoms with E-state index in [1.165, 1.54) is 0 Å². The number of hydrogen-bond donors (Lipinski definition) is 3. The lowest BCUT2D eigenvalue weighted by molar-refractivity contribution is -0.141. The molecule has 4 heteroatoms. The first-order valence-corrected chi connectivity index (χ1v) is 5.90. The molecule has 0 aromatic heterocycles. The first-order valence-electron chi connectivity index (χ1n) is 5.90. The zero-order valence-corrected chi connectivity index (χ0v) is 10.6. The smallest absolute Gasteiger partial charge is 0.318 e. The fourth-order valence-electron chi connectivity index (χ4n) is 2.05. The van der Waals surface area contributed by atoms with E-state index in [0.29, 0.717) is 22.5 Å². The van der Waals surface area contributed by atoms with Crippen LogP contribution in [0.25, 0.3) is 0 Å². The average molecular weight is 256 g/mol. The summed E-state index contributed by atoms with van der Waals surface area (Å²) >= 11 is 0. The summed E-state index contributed by atoms with van der Waals surface area (Å²) in [5.74, 6) is -0.915. The van der Waals surface area contributed by atoms with Gasteiger partial charge in [-0.05, 0) is 42.3 Å². The van der Waals surface area contributed by atoms with Crippen LogP contribution in [0.4, 0.5) is 11.4 Å². The molecule has 0 unspecified atom stereocenters. The van der Waals surface area contributed by atoms with Gasteiger partial charge in [0, 0.05) is 11.4 Å². The number of carbonyl (C=O) groups is 1. The van der Waals surface area contributed by atoms with Gasteiger partial charge in [0.2, 0.25) is 0 Å². The van der Waals surface area contributed by atoms with E-state index < -0.39 is 11.4 Å². The maximum absolute atomic E-state index is 11.7. The zero-order chi connectivity index (χ0) is 14.0. The molecule has 2 aromatic rings. The number of carboxylic acids is 1. The molecule has 0 saturated carbocycles. The van der Waals surface area contributed by atoms with Gasteiger partial charge in [-0.25, -0.2) is 0 Å². The molecular weight excluding hydrogens is 240 g/mol. The molecule has 0 saturated heterocycles. The van der Waals surface area contributed by atoms with E-state index in [1.807, 2.05) is 0 Å². The third-order valence-electron chi connectivity index (χ3n) is 3.40. The van der Waals surface area contributed by atoms with Crippen LogP contribution in [0.2, 0.25) is 0 Å². The predicted molar refractivity (Wildman–Crippen MR) is 75.8 cm³/mol. The molecule has 0 radical (unpaired) electrons. The molecule has 0 atom stereocenters. The summed E-state index contributed by atoms with van der Waals surface area (Å²) < 4.78 is 0. The number of nitrogen functional groups attached to an aromatic ring is 2. The van der Waals surface area contributed by atoms with E-state index >= 15 is 0 Å². The number of benzene rings is 2. The zero-order valence-electron chi connectivity index (χ0n) is 10.6.